The van der Waals surface area contributed by atoms with Gasteiger partial charge in [-0.3, -0.25) is 0 Å². The lowest BCUT2D eigenvalue weighted by molar-refractivity contribution is 0.337. The van der Waals surface area contributed by atoms with Crippen LogP contribution in [0.1, 0.15) is 200 Å². The van der Waals surface area contributed by atoms with Gasteiger partial charge in [-0.15, -0.1) is 0 Å². The maximum Gasteiger partial charge on any atom is 0.530 e. The molecule has 0 saturated heterocycles. The number of hydrogen-bond donors (Lipinski definition) is 0. The van der Waals surface area contributed by atoms with E-state index in [1.807, 2.05) is 12.1 Å². The van der Waals surface area contributed by atoms with E-state index >= 15 is 0 Å². The first-order valence-electron chi connectivity index (χ1n) is 27.9. The molecule has 6 aromatic carbocycles. The number of fused-ring (bicyclic) bond motifs is 2. The highest BCUT2D eigenvalue weighted by Crippen LogP contribution is 2.54. The highest BCUT2D eigenvalue weighted by Gasteiger charge is 2.39. The molecular weight excluding hydrogens is 960 g/mol. The van der Waals surface area contributed by atoms with Gasteiger partial charge in [0.1, 0.15) is 22.1 Å². The van der Waals surface area contributed by atoms with Crippen molar-refractivity contribution in [3.63, 3.8) is 0 Å². The minimum Gasteiger partial charge on any atom is -0.408 e. The van der Waals surface area contributed by atoms with Crippen LogP contribution in [0.15, 0.2) is 113 Å². The maximum atomic E-state index is 14.7. The van der Waals surface area contributed by atoms with Gasteiger partial charge in [0, 0.05) is 11.1 Å². The zero-order chi connectivity index (χ0) is 56.3. The van der Waals surface area contributed by atoms with Crippen molar-refractivity contribution in [2.24, 2.45) is 35.5 Å². The number of rotatable bonds is 20. The molecule has 75 heavy (non-hydrogen) atoms. The number of para-hydroxylation sites is 1. The van der Waals surface area contributed by atoms with Crippen molar-refractivity contribution in [1.82, 2.24) is 0 Å². The first-order valence-corrected chi connectivity index (χ1v) is 30.5. The van der Waals surface area contributed by atoms with Crippen LogP contribution in [-0.2, 0) is 42.3 Å². The van der Waals surface area contributed by atoms with Gasteiger partial charge in [-0.05, 0) is 160 Å². The summed E-state index contributed by atoms with van der Waals surface area (Å²) in [6, 6.07) is 34.3. The van der Waals surface area contributed by atoms with Gasteiger partial charge in [0.05, 0.1) is 4.90 Å². The highest BCUT2D eigenvalue weighted by atomic mass is 32.2. The van der Waals surface area contributed by atoms with Crippen molar-refractivity contribution in [1.29, 1.82) is 0 Å². The van der Waals surface area contributed by atoms with Crippen molar-refractivity contribution in [2.45, 2.75) is 208 Å². The fraction of sp³-hybridized carbons (Fsp3) is 0.529. The molecule has 0 radical (unpaired) electrons. The smallest absolute Gasteiger partial charge is 0.408 e. The molecule has 0 amide bonds. The van der Waals surface area contributed by atoms with Crippen LogP contribution in [-0.4, -0.2) is 8.42 Å². The Morgan fingerprint density at radius 2 is 0.680 bits per heavy atom. The summed E-state index contributed by atoms with van der Waals surface area (Å²) in [5.74, 6) is 3.38. The summed E-state index contributed by atoms with van der Waals surface area (Å²) in [7, 11) is -6.46. The molecule has 5 nitrogen and oxygen atoms in total. The molecule has 0 aromatic heterocycles. The molecule has 0 heterocycles. The van der Waals surface area contributed by atoms with Crippen LogP contribution in [0.4, 0.5) is 0 Å². The fourth-order valence-electron chi connectivity index (χ4n) is 9.43. The molecule has 0 aliphatic rings. The number of sulfone groups is 1. The third kappa shape index (κ3) is 11.5. The summed E-state index contributed by atoms with van der Waals surface area (Å²) in [6.07, 6.45) is 0. The number of hydrogen-bond acceptors (Lipinski definition) is 5. The first kappa shape index (κ1) is 59.9. The predicted molar refractivity (Wildman–Crippen MR) is 322 cm³/mol. The second kappa shape index (κ2) is 21.5. The van der Waals surface area contributed by atoms with E-state index in [0.29, 0.717) is 35.2 Å². The van der Waals surface area contributed by atoms with Crippen LogP contribution in [0.3, 0.4) is 0 Å². The first-order chi connectivity index (χ1) is 34.4. The average molecular weight is 1060 g/mol. The van der Waals surface area contributed by atoms with E-state index in [-0.39, 0.29) is 59.9 Å². The summed E-state index contributed by atoms with van der Waals surface area (Å²) in [6.45, 7) is 55.5. The van der Waals surface area contributed by atoms with Gasteiger partial charge in [0.2, 0.25) is 9.84 Å². The number of benzene rings is 6. The van der Waals surface area contributed by atoms with Gasteiger partial charge in [-0.25, -0.2) is 8.42 Å². The Bertz CT molecular complexity index is 2960. The molecule has 0 unspecified atom stereocenters. The molecule has 6 aromatic rings. The van der Waals surface area contributed by atoms with Crippen molar-refractivity contribution in [2.75, 3.05) is 0 Å². The molecule has 0 aliphatic carbocycles. The van der Waals surface area contributed by atoms with Crippen LogP contribution in [0.25, 0.3) is 21.5 Å². The molecule has 6 rings (SSSR count). The Balaban J connectivity index is 1.74. The third-order valence-electron chi connectivity index (χ3n) is 19.7. The van der Waals surface area contributed by atoms with Crippen molar-refractivity contribution in [3.8, 4) is 17.2 Å². The second-order valence-electron chi connectivity index (χ2n) is 27.2. The Hall–Kier alpha value is -4.38. The predicted octanol–water partition coefficient (Wildman–Crippen LogP) is 20.2. The zero-order valence-corrected chi connectivity index (χ0v) is 52.4. The van der Waals surface area contributed by atoms with E-state index in [1.165, 1.54) is 33.0 Å². The average Bonchev–Trinajstić information content (AvgIpc) is 3.32. The van der Waals surface area contributed by atoms with Gasteiger partial charge in [0.25, 0.3) is 0 Å². The molecule has 0 atom stereocenters. The van der Waals surface area contributed by atoms with Gasteiger partial charge in [-0.2, -0.15) is 0 Å². The van der Waals surface area contributed by atoms with E-state index in [1.54, 1.807) is 42.5 Å². The monoisotopic (exact) mass is 1050 g/mol. The van der Waals surface area contributed by atoms with Crippen LogP contribution in [0, 0.1) is 35.5 Å². The Morgan fingerprint density at radius 3 is 1.04 bits per heavy atom. The van der Waals surface area contributed by atoms with Gasteiger partial charge >= 0.3 is 8.60 Å². The van der Waals surface area contributed by atoms with Gasteiger partial charge in [-0.1, -0.05) is 221 Å². The molecule has 0 N–H and O–H groups in total. The van der Waals surface area contributed by atoms with Crippen molar-refractivity contribution < 1.29 is 22.0 Å². The Labute approximate surface area is 457 Å². The Kier molecular flexibility index (Phi) is 17.1. The van der Waals surface area contributed by atoms with E-state index < -0.39 is 18.4 Å². The van der Waals surface area contributed by atoms with Crippen LogP contribution < -0.4 is 13.6 Å². The molecule has 408 valence electrons. The topological polar surface area (TPSA) is 61.8 Å². The zero-order valence-electron chi connectivity index (χ0n) is 50.7. The summed E-state index contributed by atoms with van der Waals surface area (Å²) in [5.41, 5.74) is 5.91. The van der Waals surface area contributed by atoms with E-state index in [2.05, 4.69) is 215 Å². The van der Waals surface area contributed by atoms with Gasteiger partial charge in [0.15, 0.2) is 0 Å². The van der Waals surface area contributed by atoms with Gasteiger partial charge < -0.3 is 13.6 Å². The summed E-state index contributed by atoms with van der Waals surface area (Å²) >= 11 is 0. The normalized spacial score (nSPS) is 13.7. The third-order valence-corrected chi connectivity index (χ3v) is 22.6. The second-order valence-corrected chi connectivity index (χ2v) is 30.1. The van der Waals surface area contributed by atoms with E-state index in [0.717, 1.165) is 21.9 Å². The molecule has 0 aliphatic heterocycles. The molecular formula is C68H95O5PS. The van der Waals surface area contributed by atoms with Crippen molar-refractivity contribution in [3.05, 3.63) is 137 Å². The highest BCUT2D eigenvalue weighted by molar-refractivity contribution is 7.91. The summed E-state index contributed by atoms with van der Waals surface area (Å²) in [4.78, 5) is 0.222. The molecule has 0 bridgehead atoms. The Morgan fingerprint density at radius 1 is 0.360 bits per heavy atom. The lowest BCUT2D eigenvalue weighted by Crippen LogP contribution is -2.29. The summed E-state index contributed by atoms with van der Waals surface area (Å²) < 4.78 is 51.5. The molecule has 0 spiro atoms. The maximum absolute atomic E-state index is 14.7. The SMILES string of the molecule is CC(C)C(C)(C)c1cc(C(C)(C)C(C)C)c2cc(OP(Oc3cc4c(C(C)(C)C(C)C)cc(C(C)(C)C(C)C)cc4cc3C(C)(C)C(C)C)Oc3ccccc3S(=O)(=O)c3ccccc3)c(C(C)(C)C(C)C)cc2c1. The standard InChI is InChI=1S/C68H95O5PS/c1-42(2)63(13,14)50-34-48-36-57(67(21,22)46(9)10)60(40-53(48)55(38-50)65(17,18)44(5)6)72-74(71-59-32-28-29-33-62(59)75(69,70)52-30-26-25-27-31-52)73-61-41-54-49(37-58(61)68(23,24)47(11)12)35-51(64(15,16)43(3)4)39-56(54)66(19,20)45(7)8/h25-47H,1-24H3. The van der Waals surface area contributed by atoms with Crippen LogP contribution >= 0.6 is 8.60 Å². The van der Waals surface area contributed by atoms with E-state index in [9.17, 15) is 8.42 Å². The minimum atomic E-state index is -4.03. The van der Waals surface area contributed by atoms with Crippen LogP contribution in [0.5, 0.6) is 17.2 Å². The molecule has 0 fully saturated rings. The van der Waals surface area contributed by atoms with Crippen LogP contribution in [0.2, 0.25) is 0 Å². The molecule has 0 saturated carbocycles. The van der Waals surface area contributed by atoms with Crippen molar-refractivity contribution >= 4 is 40.0 Å². The lowest BCUT2D eigenvalue weighted by atomic mass is 9.68. The quantitative estimate of drug-likeness (QED) is 0.0713. The van der Waals surface area contributed by atoms with E-state index in [4.69, 9.17) is 13.6 Å². The lowest BCUT2D eigenvalue weighted by Gasteiger charge is -2.37. The largest absolute Gasteiger partial charge is 0.530 e. The summed E-state index contributed by atoms with van der Waals surface area (Å²) in [5, 5.41) is 4.57. The molecule has 7 heteroatoms. The minimum absolute atomic E-state index is 0.0425. The fourth-order valence-corrected chi connectivity index (χ4v) is 12.0.